The number of likely N-dealkylation sites (N-methyl/N-ethyl adjacent to an activating group) is 1. The highest BCUT2D eigenvalue weighted by Gasteiger charge is 2.17. The van der Waals surface area contributed by atoms with Crippen LogP contribution in [0, 0.1) is 5.92 Å². The van der Waals surface area contributed by atoms with Gasteiger partial charge in [0, 0.05) is 37.4 Å². The maximum absolute atomic E-state index is 4.39. The SMILES string of the molecule is CCCNCC(C(C)C)N(C)CCc1ccccn1. The number of nitrogens with one attached hydrogen (secondary N) is 1. The lowest BCUT2D eigenvalue weighted by molar-refractivity contribution is 0.189. The minimum Gasteiger partial charge on any atom is -0.315 e. The van der Waals surface area contributed by atoms with Gasteiger partial charge in [-0.05, 0) is 38.1 Å². The highest BCUT2D eigenvalue weighted by atomic mass is 15.1. The zero-order valence-corrected chi connectivity index (χ0v) is 12.9. The molecule has 0 aromatic carbocycles. The zero-order chi connectivity index (χ0) is 14.1. The van der Waals surface area contributed by atoms with Gasteiger partial charge >= 0.3 is 0 Å². The van der Waals surface area contributed by atoms with Gasteiger partial charge in [-0.2, -0.15) is 0 Å². The quantitative estimate of drug-likeness (QED) is 0.694. The van der Waals surface area contributed by atoms with E-state index in [4.69, 9.17) is 0 Å². The summed E-state index contributed by atoms with van der Waals surface area (Å²) in [4.78, 5) is 6.85. The topological polar surface area (TPSA) is 28.2 Å². The van der Waals surface area contributed by atoms with Crippen molar-refractivity contribution in [1.82, 2.24) is 15.2 Å². The molecule has 1 heterocycles. The maximum atomic E-state index is 4.39. The third kappa shape index (κ3) is 6.17. The summed E-state index contributed by atoms with van der Waals surface area (Å²) in [5.41, 5.74) is 1.18. The molecule has 1 aromatic heterocycles. The molecular formula is C16H29N3. The smallest absolute Gasteiger partial charge is 0.0416 e. The molecule has 0 fully saturated rings. The Morgan fingerprint density at radius 1 is 1.32 bits per heavy atom. The predicted molar refractivity (Wildman–Crippen MR) is 82.4 cm³/mol. The molecule has 0 saturated carbocycles. The molecule has 1 atom stereocenters. The van der Waals surface area contributed by atoms with E-state index in [2.05, 4.69) is 55.2 Å². The van der Waals surface area contributed by atoms with Gasteiger partial charge in [0.1, 0.15) is 0 Å². The number of pyridine rings is 1. The molecule has 1 N–H and O–H groups in total. The van der Waals surface area contributed by atoms with E-state index in [0.717, 1.165) is 26.1 Å². The minimum absolute atomic E-state index is 0.593. The third-order valence-electron chi connectivity index (χ3n) is 3.56. The number of rotatable bonds is 9. The van der Waals surface area contributed by atoms with E-state index in [1.54, 1.807) is 0 Å². The largest absolute Gasteiger partial charge is 0.315 e. The van der Waals surface area contributed by atoms with Crippen molar-refractivity contribution < 1.29 is 0 Å². The van der Waals surface area contributed by atoms with E-state index < -0.39 is 0 Å². The van der Waals surface area contributed by atoms with Crippen LogP contribution in [0.3, 0.4) is 0 Å². The first kappa shape index (κ1) is 16.1. The van der Waals surface area contributed by atoms with Crippen LogP contribution in [-0.4, -0.2) is 42.6 Å². The fraction of sp³-hybridized carbons (Fsp3) is 0.688. The van der Waals surface area contributed by atoms with Crippen LogP contribution in [-0.2, 0) is 6.42 Å². The summed E-state index contributed by atoms with van der Waals surface area (Å²) in [7, 11) is 2.22. The monoisotopic (exact) mass is 263 g/mol. The summed E-state index contributed by atoms with van der Waals surface area (Å²) >= 11 is 0. The molecule has 3 nitrogen and oxygen atoms in total. The van der Waals surface area contributed by atoms with E-state index in [9.17, 15) is 0 Å². The number of aromatic nitrogens is 1. The lowest BCUT2D eigenvalue weighted by atomic mass is 10.0. The second-order valence-electron chi connectivity index (χ2n) is 5.57. The van der Waals surface area contributed by atoms with Gasteiger partial charge in [0.2, 0.25) is 0 Å². The van der Waals surface area contributed by atoms with Crippen molar-refractivity contribution in [2.45, 2.75) is 39.7 Å². The van der Waals surface area contributed by atoms with Crippen molar-refractivity contribution in [3.05, 3.63) is 30.1 Å². The zero-order valence-electron chi connectivity index (χ0n) is 12.9. The van der Waals surface area contributed by atoms with Crippen molar-refractivity contribution >= 4 is 0 Å². The lowest BCUT2D eigenvalue weighted by Crippen LogP contribution is -2.44. The van der Waals surface area contributed by atoms with Gasteiger partial charge in [0.15, 0.2) is 0 Å². The molecule has 1 unspecified atom stereocenters. The van der Waals surface area contributed by atoms with E-state index in [1.807, 2.05) is 12.3 Å². The summed E-state index contributed by atoms with van der Waals surface area (Å²) in [5, 5.41) is 3.54. The Kier molecular flexibility index (Phi) is 7.68. The van der Waals surface area contributed by atoms with Crippen molar-refractivity contribution in [1.29, 1.82) is 0 Å². The van der Waals surface area contributed by atoms with Gasteiger partial charge in [-0.15, -0.1) is 0 Å². The van der Waals surface area contributed by atoms with E-state index in [0.29, 0.717) is 12.0 Å². The summed E-state index contributed by atoms with van der Waals surface area (Å²) in [6.45, 7) is 10.1. The Hall–Kier alpha value is -0.930. The van der Waals surface area contributed by atoms with Crippen LogP contribution in [0.15, 0.2) is 24.4 Å². The molecule has 0 radical (unpaired) electrons. The Labute approximate surface area is 118 Å². The van der Waals surface area contributed by atoms with Crippen LogP contribution in [0.2, 0.25) is 0 Å². The Balaban J connectivity index is 2.41. The molecule has 0 saturated heterocycles. The van der Waals surface area contributed by atoms with Gasteiger partial charge in [0.05, 0.1) is 0 Å². The summed E-state index contributed by atoms with van der Waals surface area (Å²) in [6.07, 6.45) is 4.09. The summed E-state index contributed by atoms with van der Waals surface area (Å²) in [6, 6.07) is 6.73. The van der Waals surface area contributed by atoms with Crippen LogP contribution in [0.25, 0.3) is 0 Å². The third-order valence-corrected chi connectivity index (χ3v) is 3.56. The fourth-order valence-corrected chi connectivity index (χ4v) is 2.33. The van der Waals surface area contributed by atoms with Gasteiger partial charge in [-0.3, -0.25) is 4.98 Å². The molecular weight excluding hydrogens is 234 g/mol. The Morgan fingerprint density at radius 3 is 2.68 bits per heavy atom. The van der Waals surface area contributed by atoms with E-state index >= 15 is 0 Å². The molecule has 1 aromatic rings. The second-order valence-corrected chi connectivity index (χ2v) is 5.57. The van der Waals surface area contributed by atoms with Crippen LogP contribution in [0.4, 0.5) is 0 Å². The molecule has 0 amide bonds. The second kappa shape index (κ2) is 9.05. The Morgan fingerprint density at radius 2 is 2.11 bits per heavy atom. The maximum Gasteiger partial charge on any atom is 0.0416 e. The normalized spacial score (nSPS) is 13.2. The fourth-order valence-electron chi connectivity index (χ4n) is 2.33. The first-order valence-corrected chi connectivity index (χ1v) is 7.46. The van der Waals surface area contributed by atoms with Crippen LogP contribution < -0.4 is 5.32 Å². The Bertz CT molecular complexity index is 324. The van der Waals surface area contributed by atoms with Gasteiger partial charge in [-0.1, -0.05) is 26.8 Å². The highest BCUT2D eigenvalue weighted by molar-refractivity contribution is 5.03. The highest BCUT2D eigenvalue weighted by Crippen LogP contribution is 2.09. The number of hydrogen-bond donors (Lipinski definition) is 1. The average Bonchev–Trinajstić information content (AvgIpc) is 2.42. The minimum atomic E-state index is 0.593. The molecule has 0 aliphatic carbocycles. The van der Waals surface area contributed by atoms with Crippen molar-refractivity contribution in [3.8, 4) is 0 Å². The summed E-state index contributed by atoms with van der Waals surface area (Å²) < 4.78 is 0. The van der Waals surface area contributed by atoms with Crippen molar-refractivity contribution in [2.24, 2.45) is 5.92 Å². The first-order chi connectivity index (χ1) is 9.15. The van der Waals surface area contributed by atoms with Crippen LogP contribution >= 0.6 is 0 Å². The van der Waals surface area contributed by atoms with Gasteiger partial charge < -0.3 is 10.2 Å². The standard InChI is InChI=1S/C16H29N3/c1-5-10-17-13-16(14(2)3)19(4)12-9-15-8-6-7-11-18-15/h6-8,11,14,16-17H,5,9-10,12-13H2,1-4H3. The molecule has 0 spiro atoms. The molecule has 0 aliphatic rings. The lowest BCUT2D eigenvalue weighted by Gasteiger charge is -2.31. The van der Waals surface area contributed by atoms with Crippen LogP contribution in [0.1, 0.15) is 32.9 Å². The molecule has 0 aliphatic heterocycles. The van der Waals surface area contributed by atoms with Crippen LogP contribution in [0.5, 0.6) is 0 Å². The summed E-state index contributed by atoms with van der Waals surface area (Å²) in [5.74, 6) is 0.665. The average molecular weight is 263 g/mol. The molecule has 108 valence electrons. The number of nitrogens with zero attached hydrogens (tertiary/aromatic N) is 2. The van der Waals surface area contributed by atoms with Gasteiger partial charge in [0.25, 0.3) is 0 Å². The molecule has 3 heteroatoms. The first-order valence-electron chi connectivity index (χ1n) is 7.46. The van der Waals surface area contributed by atoms with Crippen molar-refractivity contribution in [3.63, 3.8) is 0 Å². The number of hydrogen-bond acceptors (Lipinski definition) is 3. The molecule has 0 bridgehead atoms. The van der Waals surface area contributed by atoms with E-state index in [1.165, 1.54) is 12.1 Å². The predicted octanol–water partition coefficient (Wildman–Crippen LogP) is 2.58. The molecule has 19 heavy (non-hydrogen) atoms. The molecule has 1 rings (SSSR count). The van der Waals surface area contributed by atoms with E-state index in [-0.39, 0.29) is 0 Å². The van der Waals surface area contributed by atoms with Crippen molar-refractivity contribution in [2.75, 3.05) is 26.7 Å². The van der Waals surface area contributed by atoms with Gasteiger partial charge in [-0.25, -0.2) is 0 Å².